The fourth-order valence-corrected chi connectivity index (χ4v) is 4.77. The van der Waals surface area contributed by atoms with Crippen molar-refractivity contribution in [1.82, 2.24) is 10.2 Å². The van der Waals surface area contributed by atoms with Crippen LogP contribution in [0, 0.1) is 13.8 Å². The van der Waals surface area contributed by atoms with Crippen LogP contribution in [-0.4, -0.2) is 53.8 Å². The Labute approximate surface area is 254 Å². The van der Waals surface area contributed by atoms with E-state index in [1.165, 1.54) is 24.3 Å². The smallest absolute Gasteiger partial charge is 0.417 e. The van der Waals surface area contributed by atoms with Gasteiger partial charge >= 0.3 is 18.2 Å². The Balaban J connectivity index is 1.58. The van der Waals surface area contributed by atoms with E-state index in [4.69, 9.17) is 17.0 Å². The molecule has 1 aliphatic rings. The third-order valence-electron chi connectivity index (χ3n) is 6.84. The minimum Gasteiger partial charge on any atom is -0.457 e. The van der Waals surface area contributed by atoms with Gasteiger partial charge in [0.15, 0.2) is 0 Å². The maximum absolute atomic E-state index is 14.0. The summed E-state index contributed by atoms with van der Waals surface area (Å²) in [6, 6.07) is 19.8. The summed E-state index contributed by atoms with van der Waals surface area (Å²) in [5.74, 6) is -2.45. The summed E-state index contributed by atoms with van der Waals surface area (Å²) in [6.07, 6.45) is -1.14. The Morgan fingerprint density at radius 3 is 2.37 bits per heavy atom. The van der Waals surface area contributed by atoms with Crippen LogP contribution < -0.4 is 5.32 Å². The largest absolute Gasteiger partial charge is 0.457 e. The van der Waals surface area contributed by atoms with E-state index in [0.717, 1.165) is 16.0 Å². The topological polar surface area (TPSA) is 111 Å². The Hall–Kier alpha value is -4.66. The minimum atomic E-state index is -2.49. The third-order valence-corrected chi connectivity index (χ3v) is 6.84. The van der Waals surface area contributed by atoms with Gasteiger partial charge in [0.05, 0.1) is 20.3 Å². The number of aryl methyl sites for hydroxylation is 2. The molecule has 1 heterocycles. The average molecular weight is 589 g/mol. The second kappa shape index (κ2) is 13.5. The van der Waals surface area contributed by atoms with E-state index < -0.39 is 48.2 Å². The fraction of sp³-hybridized carbons (Fsp3) is 0.353. The summed E-state index contributed by atoms with van der Waals surface area (Å²) in [6.45, 7) is 6.10. The number of carbonyl (C=O) groups excluding carboxylic acids is 4. The summed E-state index contributed by atoms with van der Waals surface area (Å²) >= 11 is 0. The highest BCUT2D eigenvalue weighted by Crippen LogP contribution is 2.26. The third kappa shape index (κ3) is 8.44. The Morgan fingerprint density at radius 2 is 1.72 bits per heavy atom. The zero-order chi connectivity index (χ0) is 32.9. The molecule has 43 heavy (non-hydrogen) atoms. The molecule has 0 spiro atoms. The van der Waals surface area contributed by atoms with E-state index in [-0.39, 0.29) is 24.3 Å². The number of ether oxygens (including phenoxy) is 3. The van der Waals surface area contributed by atoms with Crippen molar-refractivity contribution >= 4 is 24.1 Å². The normalized spacial score (nSPS) is 16.4. The van der Waals surface area contributed by atoms with Gasteiger partial charge in [-0.05, 0) is 69.4 Å². The monoisotopic (exact) mass is 588 g/mol. The number of hydrogen-bond donors (Lipinski definition) is 1. The Morgan fingerprint density at radius 1 is 1.02 bits per heavy atom. The summed E-state index contributed by atoms with van der Waals surface area (Å²) in [5.41, 5.74) is 2.46. The summed E-state index contributed by atoms with van der Waals surface area (Å²) in [4.78, 5) is 53.2. The van der Waals surface area contributed by atoms with Gasteiger partial charge in [-0.15, -0.1) is 0 Å². The summed E-state index contributed by atoms with van der Waals surface area (Å²) < 4.78 is 32.8. The van der Waals surface area contributed by atoms with E-state index in [1.54, 1.807) is 39.8 Å². The van der Waals surface area contributed by atoms with Gasteiger partial charge < -0.3 is 19.5 Å². The van der Waals surface area contributed by atoms with Gasteiger partial charge in [0, 0.05) is 6.54 Å². The second-order valence-electron chi connectivity index (χ2n) is 11.5. The van der Waals surface area contributed by atoms with Gasteiger partial charge in [0.2, 0.25) is 5.91 Å². The molecule has 9 nitrogen and oxygen atoms in total. The highest BCUT2D eigenvalue weighted by atomic mass is 16.6. The van der Waals surface area contributed by atoms with Crippen molar-refractivity contribution in [2.45, 2.75) is 65.2 Å². The first kappa shape index (κ1) is 28.5. The lowest BCUT2D eigenvalue weighted by molar-refractivity contribution is -0.130. The Kier molecular flexibility index (Phi) is 8.96. The van der Waals surface area contributed by atoms with Crippen molar-refractivity contribution in [3.05, 3.63) is 106 Å². The van der Waals surface area contributed by atoms with Crippen LogP contribution in [-0.2, 0) is 32.0 Å². The van der Waals surface area contributed by atoms with E-state index >= 15 is 0 Å². The quantitative estimate of drug-likeness (QED) is 0.246. The minimum absolute atomic E-state index is 0.0245. The maximum Gasteiger partial charge on any atom is 0.417 e. The van der Waals surface area contributed by atoms with Crippen LogP contribution >= 0.6 is 0 Å². The lowest BCUT2D eigenvalue weighted by Crippen LogP contribution is -2.46. The predicted octanol–water partition coefficient (Wildman–Crippen LogP) is 5.86. The van der Waals surface area contributed by atoms with Crippen LogP contribution in [0.2, 0.25) is 0 Å². The molecule has 1 unspecified atom stereocenters. The summed E-state index contributed by atoms with van der Waals surface area (Å²) in [7, 11) is 0. The van der Waals surface area contributed by atoms with Gasteiger partial charge in [-0.3, -0.25) is 4.79 Å². The molecule has 0 radical (unpaired) electrons. The number of rotatable bonds is 9. The molecule has 0 aromatic heterocycles. The average Bonchev–Trinajstić information content (AvgIpc) is 3.32. The number of hydrogen-bond acceptors (Lipinski definition) is 7. The van der Waals surface area contributed by atoms with Gasteiger partial charge in [-0.2, -0.15) is 0 Å². The van der Waals surface area contributed by atoms with Crippen LogP contribution in [0.15, 0.2) is 72.8 Å². The maximum atomic E-state index is 14.0. The molecule has 4 rings (SSSR count). The molecule has 3 amide bonds. The highest BCUT2D eigenvalue weighted by molar-refractivity contribution is 5.97. The van der Waals surface area contributed by atoms with Crippen LogP contribution in [0.4, 0.5) is 9.59 Å². The van der Waals surface area contributed by atoms with Gasteiger partial charge in [-0.1, -0.05) is 72.3 Å². The molecule has 2 atom stereocenters. The van der Waals surface area contributed by atoms with Crippen molar-refractivity contribution in [1.29, 1.82) is 0 Å². The summed E-state index contributed by atoms with van der Waals surface area (Å²) in [5, 5.41) is 2.62. The molecule has 1 aliphatic heterocycles. The first-order valence-corrected chi connectivity index (χ1v) is 14.1. The zero-order valence-electron chi connectivity index (χ0n) is 27.0. The van der Waals surface area contributed by atoms with Crippen LogP contribution in [0.1, 0.15) is 67.6 Å². The molecule has 226 valence electrons. The molecular weight excluding hydrogens is 548 g/mol. The number of benzene rings is 3. The number of carbonyl (C=O) groups is 4. The predicted molar refractivity (Wildman–Crippen MR) is 161 cm³/mol. The van der Waals surface area contributed by atoms with Gasteiger partial charge in [0.25, 0.3) is 0 Å². The standard InChI is InChI=1S/C34H38N2O7/c1-22-11-16-28(23(2)17-22)31(38)41-20-25-12-14-26(15-13-25)29(19-35-32(39)43-34(3,4)5)30(37)36-27(21-42-33(36)40)18-24-9-7-6-8-10-24/h6-17,27,29H,18-21H2,1-5H3,(H,35,39)/t27-,29?/m1/s1/i20D2. The van der Waals surface area contributed by atoms with E-state index in [2.05, 4.69) is 5.32 Å². The Bertz CT molecular complexity index is 1550. The number of nitrogens with zero attached hydrogens (tertiary/aromatic N) is 1. The molecular formula is C34H38N2O7. The highest BCUT2D eigenvalue weighted by Gasteiger charge is 2.41. The first-order chi connectivity index (χ1) is 21.1. The number of esters is 1. The van der Waals surface area contributed by atoms with Crippen LogP contribution in [0.5, 0.6) is 0 Å². The van der Waals surface area contributed by atoms with Gasteiger partial charge in [-0.25, -0.2) is 19.3 Å². The van der Waals surface area contributed by atoms with E-state index in [1.807, 2.05) is 43.3 Å². The first-order valence-electron chi connectivity index (χ1n) is 15.1. The molecule has 0 aliphatic carbocycles. The molecule has 0 saturated carbocycles. The van der Waals surface area contributed by atoms with Crippen molar-refractivity contribution < 1.29 is 36.1 Å². The number of imide groups is 1. The molecule has 3 aromatic rings. The molecule has 9 heteroatoms. The van der Waals surface area contributed by atoms with Crippen molar-refractivity contribution in [2.75, 3.05) is 13.2 Å². The number of cyclic esters (lactones) is 1. The zero-order valence-corrected chi connectivity index (χ0v) is 25.0. The van der Waals surface area contributed by atoms with Crippen LogP contribution in [0.3, 0.4) is 0 Å². The molecule has 3 aromatic carbocycles. The molecule has 0 bridgehead atoms. The number of nitrogens with one attached hydrogen (secondary N) is 1. The van der Waals surface area contributed by atoms with Crippen molar-refractivity contribution in [3.63, 3.8) is 0 Å². The number of alkyl carbamates (subject to hydrolysis) is 1. The number of amides is 3. The van der Waals surface area contributed by atoms with Gasteiger partial charge in [0.1, 0.15) is 18.8 Å². The van der Waals surface area contributed by atoms with Crippen molar-refractivity contribution in [3.8, 4) is 0 Å². The fourth-order valence-electron chi connectivity index (χ4n) is 4.77. The molecule has 1 fully saturated rings. The van der Waals surface area contributed by atoms with E-state index in [9.17, 15) is 19.2 Å². The van der Waals surface area contributed by atoms with Crippen LogP contribution in [0.25, 0.3) is 0 Å². The molecule has 1 N–H and O–H groups in total. The van der Waals surface area contributed by atoms with Crippen molar-refractivity contribution in [2.24, 2.45) is 0 Å². The lowest BCUT2D eigenvalue weighted by atomic mass is 9.95. The van der Waals surface area contributed by atoms with E-state index in [0.29, 0.717) is 17.5 Å². The lowest BCUT2D eigenvalue weighted by Gasteiger charge is -2.26. The SMILES string of the molecule is [2H]C([2H])(OC(=O)c1ccc(C)cc1C)c1ccc(C(CNC(=O)OC(C)(C)C)C(=O)N2C(=O)OC[C@H]2Cc2ccccc2)cc1. The molecule has 1 saturated heterocycles. The second-order valence-corrected chi connectivity index (χ2v) is 11.5.